The van der Waals surface area contributed by atoms with Crippen LogP contribution >= 0.6 is 0 Å². The molecule has 0 aromatic heterocycles. The third-order valence-electron chi connectivity index (χ3n) is 2.67. The van der Waals surface area contributed by atoms with E-state index in [-0.39, 0.29) is 31.0 Å². The predicted octanol–water partition coefficient (Wildman–Crippen LogP) is 0.568. The minimum atomic E-state index is -0.792. The molecule has 0 unspecified atom stereocenters. The molecule has 19 heavy (non-hydrogen) atoms. The Morgan fingerprint density at radius 3 is 2.37 bits per heavy atom. The number of Topliss-reactive ketones (excluding diaryl/α,β-unsaturated/α-hetero) is 1. The summed E-state index contributed by atoms with van der Waals surface area (Å²) in [4.78, 5) is 33.8. The van der Waals surface area contributed by atoms with Gasteiger partial charge in [0.15, 0.2) is 0 Å². The van der Waals surface area contributed by atoms with Crippen molar-refractivity contribution in [3.8, 4) is 0 Å². The van der Waals surface area contributed by atoms with Crippen molar-refractivity contribution in [1.82, 2.24) is 5.32 Å². The van der Waals surface area contributed by atoms with Crippen LogP contribution in [0.4, 0.5) is 0 Å². The minimum absolute atomic E-state index is 0.0384. The van der Waals surface area contributed by atoms with Gasteiger partial charge in [-0.3, -0.25) is 9.59 Å². The fourth-order valence-electron chi connectivity index (χ4n) is 1.66. The van der Waals surface area contributed by atoms with Gasteiger partial charge in [-0.1, -0.05) is 30.3 Å². The highest BCUT2D eigenvalue weighted by Gasteiger charge is 2.18. The molecule has 0 saturated heterocycles. The van der Waals surface area contributed by atoms with Crippen LogP contribution in [0.15, 0.2) is 30.3 Å². The molecule has 0 bridgehead atoms. The first kappa shape index (κ1) is 14.9. The standard InChI is InChI=1S/C14H18N2O3/c1-10(17)7-8-12(14(15)19)16-13(18)9-11-5-3-2-4-6-11/h2-6,12H,7-9H2,1H3,(H2,15,19)(H,16,18)/t12-/m1/s1. The molecule has 3 N–H and O–H groups in total. The number of rotatable bonds is 7. The van der Waals surface area contributed by atoms with E-state index >= 15 is 0 Å². The Hall–Kier alpha value is -2.17. The lowest BCUT2D eigenvalue weighted by molar-refractivity contribution is -0.127. The first-order chi connectivity index (χ1) is 8.99. The Bertz CT molecular complexity index is 457. The predicted molar refractivity (Wildman–Crippen MR) is 71.2 cm³/mol. The third-order valence-corrected chi connectivity index (χ3v) is 2.67. The largest absolute Gasteiger partial charge is 0.368 e. The topological polar surface area (TPSA) is 89.3 Å². The van der Waals surface area contributed by atoms with Gasteiger partial charge >= 0.3 is 0 Å². The molecule has 0 aliphatic rings. The second kappa shape index (κ2) is 7.31. The van der Waals surface area contributed by atoms with Crippen LogP contribution in [0.1, 0.15) is 25.3 Å². The van der Waals surface area contributed by atoms with Crippen LogP contribution in [0.5, 0.6) is 0 Å². The molecule has 2 amide bonds. The molecular weight excluding hydrogens is 244 g/mol. The molecule has 5 nitrogen and oxygen atoms in total. The number of hydrogen-bond donors (Lipinski definition) is 2. The average molecular weight is 262 g/mol. The van der Waals surface area contributed by atoms with E-state index in [1.165, 1.54) is 6.92 Å². The molecule has 0 saturated carbocycles. The SMILES string of the molecule is CC(=O)CC[C@@H](NC(=O)Cc1ccccc1)C(N)=O. The van der Waals surface area contributed by atoms with Crippen LogP contribution in [-0.2, 0) is 20.8 Å². The fraction of sp³-hybridized carbons (Fsp3) is 0.357. The number of nitrogens with one attached hydrogen (secondary N) is 1. The maximum absolute atomic E-state index is 11.8. The van der Waals surface area contributed by atoms with Gasteiger partial charge in [0.1, 0.15) is 11.8 Å². The van der Waals surface area contributed by atoms with Crippen molar-refractivity contribution in [1.29, 1.82) is 0 Å². The van der Waals surface area contributed by atoms with Gasteiger partial charge in [-0.2, -0.15) is 0 Å². The molecule has 1 aromatic carbocycles. The van der Waals surface area contributed by atoms with Crippen LogP contribution in [0.2, 0.25) is 0 Å². The zero-order valence-corrected chi connectivity index (χ0v) is 10.9. The van der Waals surface area contributed by atoms with Gasteiger partial charge in [0.2, 0.25) is 11.8 Å². The van der Waals surface area contributed by atoms with Crippen molar-refractivity contribution in [2.45, 2.75) is 32.2 Å². The van der Waals surface area contributed by atoms with Crippen LogP contribution in [0.25, 0.3) is 0 Å². The van der Waals surface area contributed by atoms with E-state index in [1.54, 1.807) is 0 Å². The Morgan fingerprint density at radius 1 is 1.21 bits per heavy atom. The van der Waals surface area contributed by atoms with E-state index in [2.05, 4.69) is 5.32 Å². The molecule has 0 aliphatic heterocycles. The normalized spacial score (nSPS) is 11.6. The summed E-state index contributed by atoms with van der Waals surface area (Å²) in [5.74, 6) is -0.940. The minimum Gasteiger partial charge on any atom is -0.368 e. The van der Waals surface area contributed by atoms with Crippen molar-refractivity contribution in [2.24, 2.45) is 5.73 Å². The molecule has 0 fully saturated rings. The van der Waals surface area contributed by atoms with Crippen LogP contribution in [-0.4, -0.2) is 23.6 Å². The lowest BCUT2D eigenvalue weighted by Crippen LogP contribution is -2.45. The van der Waals surface area contributed by atoms with Gasteiger partial charge in [-0.05, 0) is 18.9 Å². The second-order valence-electron chi connectivity index (χ2n) is 4.43. The zero-order chi connectivity index (χ0) is 14.3. The van der Waals surface area contributed by atoms with Crippen LogP contribution in [0.3, 0.4) is 0 Å². The number of carbonyl (C=O) groups excluding carboxylic acids is 3. The molecule has 1 aromatic rings. The highest BCUT2D eigenvalue weighted by molar-refractivity contribution is 5.88. The van der Waals surface area contributed by atoms with Crippen molar-refractivity contribution < 1.29 is 14.4 Å². The molecule has 5 heteroatoms. The summed E-state index contributed by atoms with van der Waals surface area (Å²) in [6.45, 7) is 1.43. The van der Waals surface area contributed by atoms with Gasteiger partial charge in [0.25, 0.3) is 0 Å². The van der Waals surface area contributed by atoms with E-state index in [4.69, 9.17) is 5.73 Å². The number of benzene rings is 1. The van der Waals surface area contributed by atoms with Crippen molar-refractivity contribution in [3.63, 3.8) is 0 Å². The molecule has 1 atom stereocenters. The van der Waals surface area contributed by atoms with Crippen LogP contribution in [0, 0.1) is 0 Å². The first-order valence-corrected chi connectivity index (χ1v) is 6.11. The zero-order valence-electron chi connectivity index (χ0n) is 10.9. The summed E-state index contributed by atoms with van der Waals surface area (Å²) in [5, 5.41) is 2.55. The van der Waals surface area contributed by atoms with Crippen molar-refractivity contribution in [2.75, 3.05) is 0 Å². The van der Waals surface area contributed by atoms with Gasteiger partial charge in [0.05, 0.1) is 6.42 Å². The van der Waals surface area contributed by atoms with Crippen molar-refractivity contribution in [3.05, 3.63) is 35.9 Å². The van der Waals surface area contributed by atoms with Crippen LogP contribution < -0.4 is 11.1 Å². The molecular formula is C14H18N2O3. The molecule has 1 rings (SSSR count). The van der Waals surface area contributed by atoms with E-state index < -0.39 is 11.9 Å². The summed E-state index contributed by atoms with van der Waals surface area (Å²) in [6.07, 6.45) is 0.648. The molecule has 102 valence electrons. The Labute approximate surface area is 112 Å². The van der Waals surface area contributed by atoms with Crippen molar-refractivity contribution >= 4 is 17.6 Å². The highest BCUT2D eigenvalue weighted by Crippen LogP contribution is 2.02. The highest BCUT2D eigenvalue weighted by atomic mass is 16.2. The number of carbonyl (C=O) groups is 3. The number of primary amides is 1. The maximum atomic E-state index is 11.8. The smallest absolute Gasteiger partial charge is 0.240 e. The fourth-order valence-corrected chi connectivity index (χ4v) is 1.66. The van der Waals surface area contributed by atoms with Gasteiger partial charge in [-0.15, -0.1) is 0 Å². The van der Waals surface area contributed by atoms with Gasteiger partial charge in [0, 0.05) is 6.42 Å². The van der Waals surface area contributed by atoms with Gasteiger partial charge in [-0.25, -0.2) is 0 Å². The lowest BCUT2D eigenvalue weighted by atomic mass is 10.1. The summed E-state index contributed by atoms with van der Waals surface area (Å²) in [6, 6.07) is 8.40. The third kappa shape index (κ3) is 5.81. The van der Waals surface area contributed by atoms with Gasteiger partial charge < -0.3 is 15.8 Å². The lowest BCUT2D eigenvalue weighted by Gasteiger charge is -2.14. The monoisotopic (exact) mass is 262 g/mol. The summed E-state index contributed by atoms with van der Waals surface area (Å²) in [7, 11) is 0. The number of hydrogen-bond acceptors (Lipinski definition) is 3. The van der Waals surface area contributed by atoms with E-state index in [1.807, 2.05) is 30.3 Å². The van der Waals surface area contributed by atoms with E-state index in [0.717, 1.165) is 5.56 Å². The second-order valence-corrected chi connectivity index (χ2v) is 4.43. The molecule has 0 heterocycles. The number of nitrogens with two attached hydrogens (primary N) is 1. The summed E-state index contributed by atoms with van der Waals surface area (Å²) >= 11 is 0. The molecule has 0 spiro atoms. The summed E-state index contributed by atoms with van der Waals surface area (Å²) in [5.41, 5.74) is 6.06. The number of amides is 2. The maximum Gasteiger partial charge on any atom is 0.240 e. The quantitative estimate of drug-likeness (QED) is 0.752. The summed E-state index contributed by atoms with van der Waals surface area (Å²) < 4.78 is 0. The Balaban J connectivity index is 2.52. The Morgan fingerprint density at radius 2 is 1.84 bits per heavy atom. The van der Waals surface area contributed by atoms with E-state index in [9.17, 15) is 14.4 Å². The molecule has 0 radical (unpaired) electrons. The molecule has 0 aliphatic carbocycles. The number of ketones is 1. The Kier molecular flexibility index (Phi) is 5.73. The first-order valence-electron chi connectivity index (χ1n) is 6.11. The average Bonchev–Trinajstić information content (AvgIpc) is 2.35. The van der Waals surface area contributed by atoms with E-state index in [0.29, 0.717) is 0 Å².